The van der Waals surface area contributed by atoms with Gasteiger partial charge in [-0.1, -0.05) is 164 Å². The zero-order valence-corrected chi connectivity index (χ0v) is 30.5. The van der Waals surface area contributed by atoms with Gasteiger partial charge in [-0.3, -0.25) is 9.88 Å². The van der Waals surface area contributed by atoms with Crippen molar-refractivity contribution in [3.05, 3.63) is 211 Å². The molecule has 2 N–H and O–H groups in total. The highest BCUT2D eigenvalue weighted by molar-refractivity contribution is 6.34. The Bertz CT molecular complexity index is 3130. The third kappa shape index (κ3) is 5.06. The molecule has 0 amide bonds. The maximum Gasteiger partial charge on any atom is 0.240 e. The Labute approximate surface area is 324 Å². The van der Waals surface area contributed by atoms with Gasteiger partial charge in [-0.15, -0.1) is 0 Å². The molecule has 0 aliphatic carbocycles. The van der Waals surface area contributed by atoms with E-state index >= 15 is 0 Å². The zero-order chi connectivity index (χ0) is 37.0. The molecule has 0 radical (unpaired) electrons. The standard InChI is InChI=1S/C51H35N5/c1-6-20-34(21-7-1)43-45-39-30-16-18-32-41(39)55(38-28-14-5-15-29-38)47(45)44(35-22-8-2-9-23-35)48-46(43)40-31-17-19-33-42(40)56(48)51-53-49(36-24-10-3-11-25-36)52-50(54-51)37-26-12-4-13-27-37/h1-33,49H,(H,52,53,54)/p+1. The van der Waals surface area contributed by atoms with E-state index in [1.807, 2.05) is 0 Å². The van der Waals surface area contributed by atoms with Crippen molar-refractivity contribution >= 4 is 55.4 Å². The predicted molar refractivity (Wildman–Crippen MR) is 232 cm³/mol. The second-order valence-corrected chi connectivity index (χ2v) is 14.3. The van der Waals surface area contributed by atoms with E-state index in [4.69, 9.17) is 9.98 Å². The molecule has 5 heteroatoms. The van der Waals surface area contributed by atoms with Gasteiger partial charge in [0.25, 0.3) is 0 Å². The van der Waals surface area contributed by atoms with Crippen molar-refractivity contribution in [3.63, 3.8) is 0 Å². The second-order valence-electron chi connectivity index (χ2n) is 14.3. The SMILES string of the molecule is c1ccc(C2=NC(n3c4ccccc4c4c(-c5ccccc5)c5c6ccccc6n(-c6ccccc6)c5c(-c5ccccc5)c43)=NC(c3ccccc3)[NH2+]2)cc1. The van der Waals surface area contributed by atoms with E-state index in [9.17, 15) is 0 Å². The van der Waals surface area contributed by atoms with Crippen LogP contribution in [0.4, 0.5) is 0 Å². The first-order valence-electron chi connectivity index (χ1n) is 19.1. The topological polar surface area (TPSA) is 51.2 Å². The van der Waals surface area contributed by atoms with E-state index in [1.54, 1.807) is 0 Å². The van der Waals surface area contributed by atoms with Crippen LogP contribution < -0.4 is 5.32 Å². The number of nitrogens with zero attached hydrogens (tertiary/aromatic N) is 4. The summed E-state index contributed by atoms with van der Waals surface area (Å²) >= 11 is 0. The molecule has 1 unspecified atom stereocenters. The van der Waals surface area contributed by atoms with Crippen LogP contribution >= 0.6 is 0 Å². The summed E-state index contributed by atoms with van der Waals surface area (Å²) in [5.41, 5.74) is 12.3. The minimum Gasteiger partial charge on any atom is -0.309 e. The lowest BCUT2D eigenvalue weighted by Crippen LogP contribution is -2.90. The molecule has 0 fully saturated rings. The van der Waals surface area contributed by atoms with Crippen LogP contribution in [0, 0.1) is 0 Å². The van der Waals surface area contributed by atoms with Crippen LogP contribution in [0.5, 0.6) is 0 Å². The highest BCUT2D eigenvalue weighted by Crippen LogP contribution is 2.51. The molecule has 11 rings (SSSR count). The minimum atomic E-state index is -0.233. The van der Waals surface area contributed by atoms with E-state index in [0.717, 1.165) is 66.8 Å². The fraction of sp³-hybridized carbons (Fsp3) is 0.0196. The molecule has 1 aliphatic rings. The third-order valence-corrected chi connectivity index (χ3v) is 11.1. The lowest BCUT2D eigenvalue weighted by atomic mass is 9.89. The number of hydrogen-bond acceptors (Lipinski definition) is 2. The molecule has 0 saturated heterocycles. The summed E-state index contributed by atoms with van der Waals surface area (Å²) in [6, 6.07) is 71.2. The Morgan fingerprint density at radius 3 is 1.45 bits per heavy atom. The third-order valence-electron chi connectivity index (χ3n) is 11.1. The smallest absolute Gasteiger partial charge is 0.240 e. The number of amidine groups is 1. The largest absolute Gasteiger partial charge is 0.309 e. The molecule has 0 bridgehead atoms. The lowest BCUT2D eigenvalue weighted by molar-refractivity contribution is -0.586. The number of nitrogens with two attached hydrogens (primary N) is 1. The molecule has 10 aromatic rings. The normalized spacial score (nSPS) is 14.4. The van der Waals surface area contributed by atoms with Gasteiger partial charge in [-0.2, -0.15) is 9.98 Å². The average molecular weight is 719 g/mol. The summed E-state index contributed by atoms with van der Waals surface area (Å²) in [5.74, 6) is 1.56. The van der Waals surface area contributed by atoms with Gasteiger partial charge in [0.1, 0.15) is 0 Å². The number of para-hydroxylation sites is 3. The number of hydrogen-bond donors (Lipinski definition) is 1. The highest BCUT2D eigenvalue weighted by atomic mass is 15.3. The van der Waals surface area contributed by atoms with Crippen molar-refractivity contribution in [2.75, 3.05) is 0 Å². The van der Waals surface area contributed by atoms with Gasteiger partial charge >= 0.3 is 0 Å². The predicted octanol–water partition coefficient (Wildman–Crippen LogP) is 11.2. The van der Waals surface area contributed by atoms with Crippen LogP contribution in [0.3, 0.4) is 0 Å². The average Bonchev–Trinajstić information content (AvgIpc) is 3.80. The monoisotopic (exact) mass is 718 g/mol. The van der Waals surface area contributed by atoms with Crippen LogP contribution in [-0.4, -0.2) is 20.9 Å². The maximum atomic E-state index is 5.54. The number of quaternary nitrogens is 1. The van der Waals surface area contributed by atoms with Crippen LogP contribution in [-0.2, 0) is 0 Å². The number of aromatic nitrogens is 2. The lowest BCUT2D eigenvalue weighted by Gasteiger charge is -2.21. The Morgan fingerprint density at radius 1 is 0.411 bits per heavy atom. The zero-order valence-electron chi connectivity index (χ0n) is 30.5. The van der Waals surface area contributed by atoms with E-state index in [0.29, 0.717) is 5.96 Å². The van der Waals surface area contributed by atoms with Crippen LogP contribution in [0.25, 0.3) is 71.6 Å². The molecule has 5 nitrogen and oxygen atoms in total. The molecule has 0 spiro atoms. The Balaban J connectivity index is 1.40. The summed E-state index contributed by atoms with van der Waals surface area (Å²) in [5, 5.41) is 6.96. The second kappa shape index (κ2) is 13.2. The van der Waals surface area contributed by atoms with E-state index in [-0.39, 0.29) is 6.17 Å². The summed E-state index contributed by atoms with van der Waals surface area (Å²) in [7, 11) is 0. The Hall–Kier alpha value is -7.34. The van der Waals surface area contributed by atoms with E-state index < -0.39 is 0 Å². The number of aliphatic imine (C=N–C) groups is 2. The van der Waals surface area contributed by atoms with Crippen molar-refractivity contribution in [3.8, 4) is 27.9 Å². The summed E-state index contributed by atoms with van der Waals surface area (Å²) in [6.45, 7) is 0. The van der Waals surface area contributed by atoms with Gasteiger partial charge in [-0.25, -0.2) is 0 Å². The van der Waals surface area contributed by atoms with Gasteiger partial charge < -0.3 is 4.57 Å². The van der Waals surface area contributed by atoms with Crippen LogP contribution in [0.15, 0.2) is 210 Å². The van der Waals surface area contributed by atoms with E-state index in [1.165, 1.54) is 21.7 Å². The van der Waals surface area contributed by atoms with Gasteiger partial charge in [0, 0.05) is 43.9 Å². The van der Waals surface area contributed by atoms with Crippen molar-refractivity contribution in [1.82, 2.24) is 9.13 Å². The summed E-state index contributed by atoms with van der Waals surface area (Å²) in [4.78, 5) is 11.0. The molecule has 1 atom stereocenters. The van der Waals surface area contributed by atoms with Crippen molar-refractivity contribution in [2.24, 2.45) is 9.98 Å². The maximum absolute atomic E-state index is 5.54. The molecule has 1 aliphatic heterocycles. The fourth-order valence-corrected chi connectivity index (χ4v) is 8.70. The molecule has 2 aromatic heterocycles. The molecule has 0 saturated carbocycles. The molecule has 264 valence electrons. The molecule has 8 aromatic carbocycles. The first kappa shape index (κ1) is 32.1. The fourth-order valence-electron chi connectivity index (χ4n) is 8.70. The van der Waals surface area contributed by atoms with Crippen LogP contribution in [0.2, 0.25) is 0 Å². The van der Waals surface area contributed by atoms with Gasteiger partial charge in [0.05, 0.1) is 27.6 Å². The Kier molecular flexibility index (Phi) is 7.57. The van der Waals surface area contributed by atoms with Gasteiger partial charge in [0.2, 0.25) is 18.0 Å². The van der Waals surface area contributed by atoms with Gasteiger partial charge in [-0.05, 0) is 47.5 Å². The highest BCUT2D eigenvalue weighted by Gasteiger charge is 2.32. The van der Waals surface area contributed by atoms with Crippen molar-refractivity contribution in [1.29, 1.82) is 0 Å². The van der Waals surface area contributed by atoms with E-state index in [2.05, 4.69) is 215 Å². The Morgan fingerprint density at radius 2 is 0.857 bits per heavy atom. The van der Waals surface area contributed by atoms with Crippen molar-refractivity contribution < 1.29 is 5.32 Å². The number of rotatable bonds is 5. The number of fused-ring (bicyclic) bond motifs is 6. The number of benzene rings is 8. The molecule has 56 heavy (non-hydrogen) atoms. The first-order chi connectivity index (χ1) is 27.8. The quantitative estimate of drug-likeness (QED) is 0.184. The summed E-state index contributed by atoms with van der Waals surface area (Å²) in [6.07, 6.45) is -0.233. The van der Waals surface area contributed by atoms with Gasteiger partial charge in [0.15, 0.2) is 0 Å². The van der Waals surface area contributed by atoms with Crippen molar-refractivity contribution in [2.45, 2.75) is 6.17 Å². The molecular weight excluding hydrogens is 683 g/mol. The van der Waals surface area contributed by atoms with Crippen LogP contribution in [0.1, 0.15) is 17.3 Å². The summed E-state index contributed by atoms with van der Waals surface area (Å²) < 4.78 is 4.81. The minimum absolute atomic E-state index is 0.233. The molecule has 3 heterocycles. The first-order valence-corrected chi connectivity index (χ1v) is 19.1. The molecular formula is C51H36N5+.